The molecular weight excluding hydrogens is 326 g/mol. The second-order valence-corrected chi connectivity index (χ2v) is 6.03. The number of aromatic nitrogens is 1. The standard InChI is InChI=1S/C21H21N3O2/c1-14-8-9-20(26-3)18(12-14)24-21(25)19-13-16(10-11-22-19)23-17-7-5-4-6-15(17)2/h4-13H,1-3H3,(H,22,23)(H,24,25). The van der Waals surface area contributed by atoms with E-state index >= 15 is 0 Å². The van der Waals surface area contributed by atoms with Crippen LogP contribution in [0.25, 0.3) is 0 Å². The van der Waals surface area contributed by atoms with Crippen molar-refractivity contribution in [3.63, 3.8) is 0 Å². The lowest BCUT2D eigenvalue weighted by atomic mass is 10.2. The van der Waals surface area contributed by atoms with Crippen LogP contribution in [-0.2, 0) is 0 Å². The molecule has 0 bridgehead atoms. The number of hydrogen-bond donors (Lipinski definition) is 2. The summed E-state index contributed by atoms with van der Waals surface area (Å²) in [6.07, 6.45) is 1.61. The van der Waals surface area contributed by atoms with Crippen molar-refractivity contribution in [2.75, 3.05) is 17.7 Å². The third kappa shape index (κ3) is 4.00. The van der Waals surface area contributed by atoms with Gasteiger partial charge in [0.2, 0.25) is 0 Å². The number of aryl methyl sites for hydroxylation is 2. The summed E-state index contributed by atoms with van der Waals surface area (Å²) in [4.78, 5) is 16.8. The molecule has 26 heavy (non-hydrogen) atoms. The second kappa shape index (κ2) is 7.70. The number of benzene rings is 2. The molecule has 0 radical (unpaired) electrons. The first kappa shape index (κ1) is 17.5. The summed E-state index contributed by atoms with van der Waals surface area (Å²) in [6.45, 7) is 3.99. The van der Waals surface area contributed by atoms with Crippen molar-refractivity contribution in [1.82, 2.24) is 4.98 Å². The van der Waals surface area contributed by atoms with Gasteiger partial charge in [-0.15, -0.1) is 0 Å². The van der Waals surface area contributed by atoms with Gasteiger partial charge >= 0.3 is 0 Å². The summed E-state index contributed by atoms with van der Waals surface area (Å²) in [5, 5.41) is 6.19. The molecule has 3 rings (SSSR count). The molecule has 0 aliphatic rings. The van der Waals surface area contributed by atoms with Gasteiger partial charge in [0.05, 0.1) is 12.8 Å². The molecule has 0 spiro atoms. The van der Waals surface area contributed by atoms with Crippen LogP contribution in [0, 0.1) is 13.8 Å². The fourth-order valence-corrected chi connectivity index (χ4v) is 2.61. The number of carbonyl (C=O) groups is 1. The highest BCUT2D eigenvalue weighted by atomic mass is 16.5. The third-order valence-corrected chi connectivity index (χ3v) is 4.02. The zero-order chi connectivity index (χ0) is 18.5. The smallest absolute Gasteiger partial charge is 0.274 e. The minimum atomic E-state index is -0.290. The lowest BCUT2D eigenvalue weighted by Gasteiger charge is -2.12. The Morgan fingerprint density at radius 2 is 1.81 bits per heavy atom. The molecule has 5 nitrogen and oxygen atoms in total. The molecule has 0 fully saturated rings. The van der Waals surface area contributed by atoms with E-state index in [0.29, 0.717) is 17.1 Å². The van der Waals surface area contributed by atoms with E-state index in [1.54, 1.807) is 19.4 Å². The van der Waals surface area contributed by atoms with Gasteiger partial charge in [-0.3, -0.25) is 9.78 Å². The maximum Gasteiger partial charge on any atom is 0.274 e. The summed E-state index contributed by atoms with van der Waals surface area (Å²) in [5.41, 5.74) is 4.90. The quantitative estimate of drug-likeness (QED) is 0.702. The fourth-order valence-electron chi connectivity index (χ4n) is 2.61. The summed E-state index contributed by atoms with van der Waals surface area (Å²) in [6, 6.07) is 17.2. The van der Waals surface area contributed by atoms with Crippen molar-refractivity contribution < 1.29 is 9.53 Å². The van der Waals surface area contributed by atoms with Crippen molar-refractivity contribution in [3.05, 3.63) is 77.6 Å². The number of carbonyl (C=O) groups excluding carboxylic acids is 1. The normalized spacial score (nSPS) is 10.3. The van der Waals surface area contributed by atoms with Gasteiger partial charge in [-0.2, -0.15) is 0 Å². The average Bonchev–Trinajstić information content (AvgIpc) is 2.64. The number of nitrogens with zero attached hydrogens (tertiary/aromatic N) is 1. The van der Waals surface area contributed by atoms with E-state index in [9.17, 15) is 4.79 Å². The van der Waals surface area contributed by atoms with Crippen LogP contribution in [0.2, 0.25) is 0 Å². The van der Waals surface area contributed by atoms with E-state index in [1.165, 1.54) is 0 Å². The first-order valence-electron chi connectivity index (χ1n) is 8.31. The zero-order valence-corrected chi connectivity index (χ0v) is 15.0. The van der Waals surface area contributed by atoms with Crippen molar-refractivity contribution in [2.24, 2.45) is 0 Å². The van der Waals surface area contributed by atoms with Gasteiger partial charge < -0.3 is 15.4 Å². The highest BCUT2D eigenvalue weighted by Gasteiger charge is 2.12. The minimum absolute atomic E-state index is 0.290. The van der Waals surface area contributed by atoms with Crippen LogP contribution in [0.4, 0.5) is 17.1 Å². The van der Waals surface area contributed by atoms with Gasteiger partial charge in [0.25, 0.3) is 5.91 Å². The van der Waals surface area contributed by atoms with Gasteiger partial charge in [-0.25, -0.2) is 0 Å². The first-order valence-corrected chi connectivity index (χ1v) is 8.31. The molecule has 1 amide bonds. The third-order valence-electron chi connectivity index (χ3n) is 4.02. The molecule has 3 aromatic rings. The fraction of sp³-hybridized carbons (Fsp3) is 0.143. The minimum Gasteiger partial charge on any atom is -0.495 e. The van der Waals surface area contributed by atoms with E-state index in [-0.39, 0.29) is 5.91 Å². The van der Waals surface area contributed by atoms with Crippen molar-refractivity contribution in [1.29, 1.82) is 0 Å². The Labute approximate surface area is 153 Å². The van der Waals surface area contributed by atoms with Gasteiger partial charge in [-0.05, 0) is 55.3 Å². The van der Waals surface area contributed by atoms with E-state index < -0.39 is 0 Å². The van der Waals surface area contributed by atoms with Crippen molar-refractivity contribution >= 4 is 23.0 Å². The van der Waals surface area contributed by atoms with Gasteiger partial charge in [0, 0.05) is 17.6 Å². The SMILES string of the molecule is COc1ccc(C)cc1NC(=O)c1cc(Nc2ccccc2C)ccn1. The number of pyridine rings is 1. The van der Waals surface area contributed by atoms with Gasteiger partial charge in [-0.1, -0.05) is 24.3 Å². The molecule has 0 atom stereocenters. The molecule has 5 heteroatoms. The molecule has 0 unspecified atom stereocenters. The predicted molar refractivity (Wildman–Crippen MR) is 104 cm³/mol. The molecule has 1 aromatic heterocycles. The molecule has 2 N–H and O–H groups in total. The Morgan fingerprint density at radius 1 is 1.00 bits per heavy atom. The largest absolute Gasteiger partial charge is 0.495 e. The number of anilines is 3. The summed E-state index contributed by atoms with van der Waals surface area (Å²) >= 11 is 0. The molecule has 0 aliphatic heterocycles. The van der Waals surface area contributed by atoms with E-state index in [1.807, 2.05) is 62.4 Å². The topological polar surface area (TPSA) is 63.2 Å². The Bertz CT molecular complexity index is 938. The second-order valence-electron chi connectivity index (χ2n) is 6.03. The Kier molecular flexibility index (Phi) is 5.17. The van der Waals surface area contributed by atoms with E-state index in [4.69, 9.17) is 4.74 Å². The lowest BCUT2D eigenvalue weighted by Crippen LogP contribution is -2.14. The number of rotatable bonds is 5. The van der Waals surface area contributed by atoms with Crippen LogP contribution in [0.3, 0.4) is 0 Å². The van der Waals surface area contributed by atoms with E-state index in [2.05, 4.69) is 15.6 Å². The monoisotopic (exact) mass is 347 g/mol. The zero-order valence-electron chi connectivity index (χ0n) is 15.0. The Balaban J connectivity index is 1.81. The molecule has 2 aromatic carbocycles. The van der Waals surface area contributed by atoms with Crippen LogP contribution in [0.5, 0.6) is 5.75 Å². The van der Waals surface area contributed by atoms with Crippen molar-refractivity contribution in [3.8, 4) is 5.75 Å². The number of nitrogens with one attached hydrogen (secondary N) is 2. The number of hydrogen-bond acceptors (Lipinski definition) is 4. The van der Waals surface area contributed by atoms with Crippen LogP contribution in [0.15, 0.2) is 60.8 Å². The van der Waals surface area contributed by atoms with Crippen LogP contribution >= 0.6 is 0 Å². The van der Waals surface area contributed by atoms with Crippen molar-refractivity contribution in [2.45, 2.75) is 13.8 Å². The van der Waals surface area contributed by atoms with E-state index in [0.717, 1.165) is 22.5 Å². The molecule has 132 valence electrons. The molecule has 0 saturated carbocycles. The van der Waals surface area contributed by atoms with Gasteiger partial charge in [0.1, 0.15) is 11.4 Å². The maximum atomic E-state index is 12.6. The summed E-state index contributed by atoms with van der Waals surface area (Å²) in [5.74, 6) is 0.320. The maximum absolute atomic E-state index is 12.6. The molecule has 0 aliphatic carbocycles. The number of amides is 1. The summed E-state index contributed by atoms with van der Waals surface area (Å²) < 4.78 is 5.31. The number of para-hydroxylation sites is 1. The molecule has 1 heterocycles. The van der Waals surface area contributed by atoms with Crippen LogP contribution in [-0.4, -0.2) is 18.0 Å². The lowest BCUT2D eigenvalue weighted by molar-refractivity contribution is 0.102. The Morgan fingerprint density at radius 3 is 2.58 bits per heavy atom. The predicted octanol–water partition coefficient (Wildman–Crippen LogP) is 4.70. The highest BCUT2D eigenvalue weighted by Crippen LogP contribution is 2.26. The Hall–Kier alpha value is -3.34. The highest BCUT2D eigenvalue weighted by molar-refractivity contribution is 6.04. The van der Waals surface area contributed by atoms with Crippen LogP contribution < -0.4 is 15.4 Å². The first-order chi connectivity index (χ1) is 12.6. The molecule has 0 saturated heterocycles. The average molecular weight is 347 g/mol. The number of ether oxygens (including phenoxy) is 1. The van der Waals surface area contributed by atoms with Gasteiger partial charge in [0.15, 0.2) is 0 Å². The van der Waals surface area contributed by atoms with Crippen LogP contribution in [0.1, 0.15) is 21.6 Å². The number of methoxy groups -OCH3 is 1. The summed E-state index contributed by atoms with van der Waals surface area (Å²) in [7, 11) is 1.57. The molecular formula is C21H21N3O2.